The van der Waals surface area contributed by atoms with Gasteiger partial charge in [-0.25, -0.2) is 9.97 Å². The molecule has 3 aromatic rings. The topological polar surface area (TPSA) is 90.6 Å². The summed E-state index contributed by atoms with van der Waals surface area (Å²) in [6.07, 6.45) is 0. The van der Waals surface area contributed by atoms with E-state index in [1.807, 2.05) is 24.3 Å². The SMILES string of the molecule is O=[N+]([O-])c1ccccc1OCCSc1nc(CN2CCOCC2)nc2ccccc12. The molecule has 1 saturated heterocycles. The molecule has 0 atom stereocenters. The van der Waals surface area contributed by atoms with Gasteiger partial charge in [-0.15, -0.1) is 11.8 Å². The van der Waals surface area contributed by atoms with Crippen LogP contribution in [0.3, 0.4) is 0 Å². The average Bonchev–Trinajstić information content (AvgIpc) is 2.77. The first-order valence-corrected chi connectivity index (χ1v) is 10.7. The minimum atomic E-state index is -0.432. The van der Waals surface area contributed by atoms with E-state index in [0.29, 0.717) is 18.9 Å². The first-order chi connectivity index (χ1) is 14.7. The van der Waals surface area contributed by atoms with Gasteiger partial charge in [0.1, 0.15) is 10.9 Å². The summed E-state index contributed by atoms with van der Waals surface area (Å²) in [6, 6.07) is 14.4. The van der Waals surface area contributed by atoms with Crippen LogP contribution in [0.25, 0.3) is 10.9 Å². The molecule has 0 bridgehead atoms. The molecule has 0 saturated carbocycles. The number of rotatable bonds is 8. The van der Waals surface area contributed by atoms with Crippen LogP contribution in [-0.4, -0.2) is 58.5 Å². The summed E-state index contributed by atoms with van der Waals surface area (Å²) in [6.45, 7) is 4.25. The molecule has 0 amide bonds. The van der Waals surface area contributed by atoms with Gasteiger partial charge in [-0.05, 0) is 12.1 Å². The summed E-state index contributed by atoms with van der Waals surface area (Å²) in [7, 11) is 0. The number of thioether (sulfide) groups is 1. The fourth-order valence-electron chi connectivity index (χ4n) is 3.25. The summed E-state index contributed by atoms with van der Waals surface area (Å²) in [5.74, 6) is 1.69. The molecule has 0 unspecified atom stereocenters. The van der Waals surface area contributed by atoms with Crippen LogP contribution in [0.1, 0.15) is 5.82 Å². The van der Waals surface area contributed by atoms with E-state index in [-0.39, 0.29) is 11.4 Å². The van der Waals surface area contributed by atoms with Crippen molar-refractivity contribution in [2.45, 2.75) is 11.6 Å². The zero-order valence-electron chi connectivity index (χ0n) is 16.4. The molecule has 0 spiro atoms. The molecule has 156 valence electrons. The summed E-state index contributed by atoms with van der Waals surface area (Å²) >= 11 is 1.57. The molecule has 30 heavy (non-hydrogen) atoms. The molecular formula is C21H22N4O4S. The number of fused-ring (bicyclic) bond motifs is 1. The number of nitro groups is 1. The second-order valence-electron chi connectivity index (χ2n) is 6.77. The fourth-order valence-corrected chi connectivity index (χ4v) is 4.11. The Bertz CT molecular complexity index is 1030. The summed E-state index contributed by atoms with van der Waals surface area (Å²) < 4.78 is 11.1. The molecule has 1 aliphatic rings. The van der Waals surface area contributed by atoms with Crippen LogP contribution in [0.4, 0.5) is 5.69 Å². The van der Waals surface area contributed by atoms with Gasteiger partial charge in [0.05, 0.1) is 36.8 Å². The first-order valence-electron chi connectivity index (χ1n) is 9.75. The van der Waals surface area contributed by atoms with E-state index in [0.717, 1.165) is 48.1 Å². The molecule has 1 fully saturated rings. The normalized spacial score (nSPS) is 14.7. The van der Waals surface area contributed by atoms with Crippen molar-refractivity contribution >= 4 is 28.4 Å². The Morgan fingerprint density at radius 2 is 1.87 bits per heavy atom. The summed E-state index contributed by atoms with van der Waals surface area (Å²) in [4.78, 5) is 22.5. The average molecular weight is 426 g/mol. The number of ether oxygens (including phenoxy) is 2. The van der Waals surface area contributed by atoms with Crippen molar-refractivity contribution in [2.75, 3.05) is 38.7 Å². The number of benzene rings is 2. The molecule has 1 aromatic heterocycles. The number of morpholine rings is 1. The Balaban J connectivity index is 1.44. The van der Waals surface area contributed by atoms with Gasteiger partial charge >= 0.3 is 5.69 Å². The lowest BCUT2D eigenvalue weighted by Crippen LogP contribution is -2.36. The van der Waals surface area contributed by atoms with Crippen LogP contribution >= 0.6 is 11.8 Å². The zero-order valence-corrected chi connectivity index (χ0v) is 17.2. The second-order valence-corrected chi connectivity index (χ2v) is 7.86. The standard InChI is InChI=1S/C21H22N4O4S/c26-25(27)18-7-3-4-8-19(18)29-13-14-30-21-16-5-1-2-6-17(16)22-20(23-21)15-24-9-11-28-12-10-24/h1-8H,9-15H2. The lowest BCUT2D eigenvalue weighted by Gasteiger charge is -2.25. The predicted octanol–water partition coefficient (Wildman–Crippen LogP) is 3.54. The Labute approximate surface area is 178 Å². The van der Waals surface area contributed by atoms with E-state index in [9.17, 15) is 10.1 Å². The van der Waals surface area contributed by atoms with Crippen LogP contribution in [0.2, 0.25) is 0 Å². The van der Waals surface area contributed by atoms with E-state index in [4.69, 9.17) is 19.4 Å². The van der Waals surface area contributed by atoms with Crippen LogP contribution in [0.15, 0.2) is 53.6 Å². The molecule has 1 aliphatic heterocycles. The van der Waals surface area contributed by atoms with Crippen molar-refractivity contribution in [2.24, 2.45) is 0 Å². The maximum atomic E-state index is 11.1. The highest BCUT2D eigenvalue weighted by molar-refractivity contribution is 7.99. The molecular weight excluding hydrogens is 404 g/mol. The van der Waals surface area contributed by atoms with Gasteiger partial charge in [-0.1, -0.05) is 30.3 Å². The summed E-state index contributed by atoms with van der Waals surface area (Å²) in [5, 5.41) is 13.0. The van der Waals surface area contributed by atoms with Crippen molar-refractivity contribution < 1.29 is 14.4 Å². The molecule has 9 heteroatoms. The third-order valence-electron chi connectivity index (χ3n) is 4.72. The maximum Gasteiger partial charge on any atom is 0.310 e. The van der Waals surface area contributed by atoms with Crippen molar-refractivity contribution in [3.63, 3.8) is 0 Å². The number of hydrogen-bond acceptors (Lipinski definition) is 8. The maximum absolute atomic E-state index is 11.1. The Kier molecular flexibility index (Phi) is 6.73. The third-order valence-corrected chi connectivity index (χ3v) is 5.68. The highest BCUT2D eigenvalue weighted by atomic mass is 32.2. The van der Waals surface area contributed by atoms with E-state index >= 15 is 0 Å². The van der Waals surface area contributed by atoms with E-state index in [1.54, 1.807) is 30.0 Å². The number of nitro benzene ring substituents is 1. The van der Waals surface area contributed by atoms with E-state index in [2.05, 4.69) is 4.90 Å². The van der Waals surface area contributed by atoms with Crippen molar-refractivity contribution in [3.05, 3.63) is 64.5 Å². The van der Waals surface area contributed by atoms with Gasteiger partial charge in [-0.3, -0.25) is 15.0 Å². The molecule has 0 aliphatic carbocycles. The second kappa shape index (κ2) is 9.84. The van der Waals surface area contributed by atoms with Gasteiger partial charge in [0.25, 0.3) is 0 Å². The lowest BCUT2D eigenvalue weighted by molar-refractivity contribution is -0.385. The van der Waals surface area contributed by atoms with Gasteiger partial charge in [-0.2, -0.15) is 0 Å². The smallest absolute Gasteiger partial charge is 0.310 e. The van der Waals surface area contributed by atoms with Crippen LogP contribution in [0.5, 0.6) is 5.75 Å². The first kappa shape index (κ1) is 20.5. The van der Waals surface area contributed by atoms with Crippen LogP contribution < -0.4 is 4.74 Å². The molecule has 2 heterocycles. The molecule has 4 rings (SSSR count). The van der Waals surface area contributed by atoms with E-state index in [1.165, 1.54) is 6.07 Å². The third kappa shape index (κ3) is 5.05. The van der Waals surface area contributed by atoms with Crippen LogP contribution in [0, 0.1) is 10.1 Å². The van der Waals surface area contributed by atoms with Crippen molar-refractivity contribution in [1.82, 2.24) is 14.9 Å². The van der Waals surface area contributed by atoms with Gasteiger partial charge < -0.3 is 9.47 Å². The molecule has 0 N–H and O–H groups in total. The highest BCUT2D eigenvalue weighted by Gasteiger charge is 2.16. The number of hydrogen-bond donors (Lipinski definition) is 0. The minimum absolute atomic E-state index is 0.0252. The highest BCUT2D eigenvalue weighted by Crippen LogP contribution is 2.28. The summed E-state index contributed by atoms with van der Waals surface area (Å²) in [5.41, 5.74) is 0.889. The fraction of sp³-hybridized carbons (Fsp3) is 0.333. The van der Waals surface area contributed by atoms with E-state index < -0.39 is 4.92 Å². The quantitative estimate of drug-likeness (QED) is 0.178. The largest absolute Gasteiger partial charge is 0.486 e. The predicted molar refractivity (Wildman–Crippen MR) is 115 cm³/mol. The van der Waals surface area contributed by atoms with Gasteiger partial charge in [0.15, 0.2) is 5.75 Å². The Morgan fingerprint density at radius 1 is 1.10 bits per heavy atom. The Morgan fingerprint density at radius 3 is 2.70 bits per heavy atom. The lowest BCUT2D eigenvalue weighted by atomic mass is 10.2. The molecule has 8 nitrogen and oxygen atoms in total. The van der Waals surface area contributed by atoms with Crippen LogP contribution in [-0.2, 0) is 11.3 Å². The van der Waals surface area contributed by atoms with Gasteiger partial charge in [0.2, 0.25) is 0 Å². The Hall–Kier alpha value is -2.75. The van der Waals surface area contributed by atoms with Crippen molar-refractivity contribution in [1.29, 1.82) is 0 Å². The van der Waals surface area contributed by atoms with Crippen molar-refractivity contribution in [3.8, 4) is 5.75 Å². The minimum Gasteiger partial charge on any atom is -0.486 e. The van der Waals surface area contributed by atoms with Gasteiger partial charge in [0, 0.05) is 30.3 Å². The molecule has 2 aromatic carbocycles. The number of nitrogens with zero attached hydrogens (tertiary/aromatic N) is 4. The number of aromatic nitrogens is 2. The number of para-hydroxylation sites is 3. The molecule has 0 radical (unpaired) electrons. The monoisotopic (exact) mass is 426 g/mol. The zero-order chi connectivity index (χ0) is 20.8.